The number of para-hydroxylation sites is 1. The van der Waals surface area contributed by atoms with Gasteiger partial charge in [-0.05, 0) is 18.6 Å². The van der Waals surface area contributed by atoms with Crippen LogP contribution in [0.25, 0.3) is 0 Å². The van der Waals surface area contributed by atoms with E-state index in [9.17, 15) is 14.0 Å². The van der Waals surface area contributed by atoms with E-state index in [-0.39, 0.29) is 11.3 Å². The molecular formula is C17H21FN2O5. The SMILES string of the molecule is COCCCNc1c(F)cccc1NC=C1C(=O)OC(C)(C)OC1=O. The summed E-state index contributed by atoms with van der Waals surface area (Å²) in [4.78, 5) is 23.8. The van der Waals surface area contributed by atoms with Crippen LogP contribution >= 0.6 is 0 Å². The van der Waals surface area contributed by atoms with E-state index in [0.29, 0.717) is 25.3 Å². The second-order valence-electron chi connectivity index (χ2n) is 5.82. The number of rotatable bonds is 7. The van der Waals surface area contributed by atoms with Crippen LogP contribution in [-0.4, -0.2) is 38.0 Å². The van der Waals surface area contributed by atoms with E-state index < -0.39 is 23.5 Å². The second kappa shape index (κ2) is 7.98. The molecule has 1 aliphatic heterocycles. The number of methoxy groups -OCH3 is 1. The number of cyclic esters (lactones) is 2. The number of ether oxygens (including phenoxy) is 3. The molecule has 1 aliphatic rings. The second-order valence-corrected chi connectivity index (χ2v) is 5.82. The summed E-state index contributed by atoms with van der Waals surface area (Å²) in [6.45, 7) is 3.96. The summed E-state index contributed by atoms with van der Waals surface area (Å²) in [6.07, 6.45) is 1.84. The lowest BCUT2D eigenvalue weighted by Crippen LogP contribution is -2.42. The molecule has 1 aromatic rings. The van der Waals surface area contributed by atoms with Gasteiger partial charge in [0.15, 0.2) is 5.57 Å². The fourth-order valence-corrected chi connectivity index (χ4v) is 2.18. The standard InChI is InChI=1S/C17H21FN2O5/c1-17(2)24-15(21)11(16(22)25-17)10-20-13-7-4-6-12(18)14(13)19-8-5-9-23-3/h4,6-7,10,19-20H,5,8-9H2,1-3H3. The number of esters is 2. The number of benzene rings is 1. The van der Waals surface area contributed by atoms with Crippen molar-refractivity contribution < 1.29 is 28.2 Å². The third-order valence-electron chi connectivity index (χ3n) is 3.33. The molecule has 1 saturated heterocycles. The number of carbonyl (C=O) groups is 2. The van der Waals surface area contributed by atoms with Crippen molar-refractivity contribution in [3.8, 4) is 0 Å². The minimum atomic E-state index is -1.31. The minimum Gasteiger partial charge on any atom is -0.419 e. The highest BCUT2D eigenvalue weighted by Crippen LogP contribution is 2.27. The highest BCUT2D eigenvalue weighted by molar-refractivity contribution is 6.15. The Morgan fingerprint density at radius 2 is 1.92 bits per heavy atom. The summed E-state index contributed by atoms with van der Waals surface area (Å²) < 4.78 is 29.0. The topological polar surface area (TPSA) is 85.9 Å². The van der Waals surface area contributed by atoms with Crippen molar-refractivity contribution in [2.75, 3.05) is 30.9 Å². The van der Waals surface area contributed by atoms with Gasteiger partial charge in [0, 0.05) is 40.3 Å². The maximum atomic E-state index is 14.0. The van der Waals surface area contributed by atoms with Crippen LogP contribution in [0, 0.1) is 5.82 Å². The fourth-order valence-electron chi connectivity index (χ4n) is 2.18. The molecule has 7 nitrogen and oxygen atoms in total. The van der Waals surface area contributed by atoms with E-state index >= 15 is 0 Å². The van der Waals surface area contributed by atoms with Crippen molar-refractivity contribution in [3.05, 3.63) is 35.8 Å². The lowest BCUT2D eigenvalue weighted by Gasteiger charge is -2.29. The zero-order valence-electron chi connectivity index (χ0n) is 14.3. The number of halogens is 1. The monoisotopic (exact) mass is 352 g/mol. The number of nitrogens with one attached hydrogen (secondary N) is 2. The van der Waals surface area contributed by atoms with E-state index in [1.54, 1.807) is 13.2 Å². The fraction of sp³-hybridized carbons (Fsp3) is 0.412. The molecular weight excluding hydrogens is 331 g/mol. The normalized spacial score (nSPS) is 16.1. The van der Waals surface area contributed by atoms with Crippen LogP contribution in [0.2, 0.25) is 0 Å². The lowest BCUT2D eigenvalue weighted by molar-refractivity contribution is -0.222. The van der Waals surface area contributed by atoms with Gasteiger partial charge >= 0.3 is 11.9 Å². The number of hydrogen-bond donors (Lipinski definition) is 2. The first-order valence-corrected chi connectivity index (χ1v) is 7.79. The molecule has 0 radical (unpaired) electrons. The predicted octanol–water partition coefficient (Wildman–Crippen LogP) is 2.41. The quantitative estimate of drug-likeness (QED) is 0.337. The van der Waals surface area contributed by atoms with Gasteiger partial charge < -0.3 is 24.8 Å². The maximum Gasteiger partial charge on any atom is 0.350 e. The van der Waals surface area contributed by atoms with Gasteiger partial charge in [-0.2, -0.15) is 0 Å². The average molecular weight is 352 g/mol. The Bertz CT molecular complexity index is 666. The predicted molar refractivity (Wildman–Crippen MR) is 89.4 cm³/mol. The molecule has 0 bridgehead atoms. The Morgan fingerprint density at radius 1 is 1.24 bits per heavy atom. The third kappa shape index (κ3) is 4.93. The summed E-state index contributed by atoms with van der Waals surface area (Å²) in [5.74, 6) is -3.38. The first kappa shape index (κ1) is 18.7. The van der Waals surface area contributed by atoms with Crippen molar-refractivity contribution in [1.29, 1.82) is 0 Å². The Labute approximate surface area is 145 Å². The molecule has 25 heavy (non-hydrogen) atoms. The molecule has 0 spiro atoms. The summed E-state index contributed by atoms with van der Waals surface area (Å²) in [5, 5.41) is 5.72. The Hall–Kier alpha value is -2.61. The molecule has 0 aromatic heterocycles. The molecule has 2 N–H and O–H groups in total. The van der Waals surface area contributed by atoms with Crippen LogP contribution in [0.15, 0.2) is 30.0 Å². The zero-order chi connectivity index (χ0) is 18.4. The largest absolute Gasteiger partial charge is 0.419 e. The highest BCUT2D eigenvalue weighted by atomic mass is 19.1. The van der Waals surface area contributed by atoms with Gasteiger partial charge in [0.25, 0.3) is 5.79 Å². The molecule has 8 heteroatoms. The van der Waals surface area contributed by atoms with Gasteiger partial charge in [0.2, 0.25) is 0 Å². The molecule has 0 amide bonds. The van der Waals surface area contributed by atoms with E-state index in [4.69, 9.17) is 14.2 Å². The maximum absolute atomic E-state index is 14.0. The molecule has 0 atom stereocenters. The van der Waals surface area contributed by atoms with Crippen molar-refractivity contribution in [1.82, 2.24) is 0 Å². The molecule has 0 saturated carbocycles. The van der Waals surface area contributed by atoms with Crippen LogP contribution in [0.1, 0.15) is 20.3 Å². The first-order chi connectivity index (χ1) is 11.8. The van der Waals surface area contributed by atoms with Crippen LogP contribution in [0.3, 0.4) is 0 Å². The van der Waals surface area contributed by atoms with E-state index in [2.05, 4.69) is 10.6 Å². The lowest BCUT2D eigenvalue weighted by atomic mass is 10.2. The summed E-state index contributed by atoms with van der Waals surface area (Å²) in [6, 6.07) is 4.43. The van der Waals surface area contributed by atoms with Crippen molar-refractivity contribution in [2.45, 2.75) is 26.1 Å². The zero-order valence-corrected chi connectivity index (χ0v) is 14.3. The van der Waals surface area contributed by atoms with Crippen LogP contribution in [-0.2, 0) is 23.8 Å². The molecule has 0 aliphatic carbocycles. The molecule has 2 rings (SSSR count). The summed E-state index contributed by atoms with van der Waals surface area (Å²) >= 11 is 0. The molecule has 0 unspecified atom stereocenters. The van der Waals surface area contributed by atoms with Gasteiger partial charge in [0.1, 0.15) is 5.82 Å². The number of carbonyl (C=O) groups excluding carboxylic acids is 2. The molecule has 1 heterocycles. The van der Waals surface area contributed by atoms with E-state index in [1.165, 1.54) is 26.0 Å². The van der Waals surface area contributed by atoms with Gasteiger partial charge in [-0.15, -0.1) is 0 Å². The van der Waals surface area contributed by atoms with Crippen LogP contribution in [0.5, 0.6) is 0 Å². The third-order valence-corrected chi connectivity index (χ3v) is 3.33. The van der Waals surface area contributed by atoms with Crippen LogP contribution < -0.4 is 10.6 Å². The number of hydrogen-bond acceptors (Lipinski definition) is 7. The highest BCUT2D eigenvalue weighted by Gasteiger charge is 2.38. The first-order valence-electron chi connectivity index (χ1n) is 7.79. The van der Waals surface area contributed by atoms with Gasteiger partial charge in [0.05, 0.1) is 11.4 Å². The minimum absolute atomic E-state index is 0.230. The van der Waals surface area contributed by atoms with Crippen LogP contribution in [0.4, 0.5) is 15.8 Å². The van der Waals surface area contributed by atoms with E-state index in [1.807, 2.05) is 0 Å². The smallest absolute Gasteiger partial charge is 0.350 e. The molecule has 1 fully saturated rings. The molecule has 1 aromatic carbocycles. The summed E-state index contributed by atoms with van der Waals surface area (Å²) in [5.41, 5.74) is 0.303. The van der Waals surface area contributed by atoms with Crippen molar-refractivity contribution >= 4 is 23.3 Å². The summed E-state index contributed by atoms with van der Waals surface area (Å²) in [7, 11) is 1.59. The Morgan fingerprint density at radius 3 is 2.56 bits per heavy atom. The van der Waals surface area contributed by atoms with Crippen molar-refractivity contribution in [3.63, 3.8) is 0 Å². The van der Waals surface area contributed by atoms with Crippen molar-refractivity contribution in [2.24, 2.45) is 0 Å². The number of anilines is 2. The average Bonchev–Trinajstić information content (AvgIpc) is 2.51. The van der Waals surface area contributed by atoms with Gasteiger partial charge in [-0.3, -0.25) is 0 Å². The Balaban J connectivity index is 2.13. The Kier molecular flexibility index (Phi) is 5.97. The molecule has 136 valence electrons. The van der Waals surface area contributed by atoms with Gasteiger partial charge in [-0.1, -0.05) is 6.07 Å². The van der Waals surface area contributed by atoms with Gasteiger partial charge in [-0.25, -0.2) is 14.0 Å². The van der Waals surface area contributed by atoms with E-state index in [0.717, 1.165) is 6.20 Å².